The fourth-order valence-corrected chi connectivity index (χ4v) is 9.14. The topological polar surface area (TPSA) is 173 Å². The van der Waals surface area contributed by atoms with E-state index in [1.807, 2.05) is 52.0 Å². The van der Waals surface area contributed by atoms with Gasteiger partial charge in [-0.15, -0.1) is 0 Å². The molecule has 13 nitrogen and oxygen atoms in total. The Labute approximate surface area is 316 Å². The number of sulfonamides is 1. The Kier molecular flexibility index (Phi) is 10.1. The summed E-state index contributed by atoms with van der Waals surface area (Å²) in [6.07, 6.45) is 6.70. The molecule has 2 aromatic rings. The number of rotatable bonds is 6. The van der Waals surface area contributed by atoms with Crippen LogP contribution < -0.4 is 15.4 Å². The number of amides is 4. The third-order valence-corrected chi connectivity index (χ3v) is 13.0. The SMILES string of the molecule is CC[C@@H]1CC1(NC(=O)C1CC2CN1C(=O)[C@H](C(C)(C)C)NC(=O)OCCCC/C=C/c1ccc3c(c1)/C(=N/O2)c1ccccc1-3)C(=O)NS(=O)(=O)C1CC1. The lowest BCUT2D eigenvalue weighted by molar-refractivity contribution is -0.143. The Morgan fingerprint density at radius 3 is 2.48 bits per heavy atom. The van der Waals surface area contributed by atoms with Crippen molar-refractivity contribution in [1.29, 1.82) is 0 Å². The minimum Gasteiger partial charge on any atom is -0.450 e. The molecule has 2 heterocycles. The largest absolute Gasteiger partial charge is 0.450 e. The van der Waals surface area contributed by atoms with Crippen molar-refractivity contribution in [2.24, 2.45) is 16.5 Å². The monoisotopic (exact) mass is 759 g/mol. The second-order valence-corrected chi connectivity index (χ2v) is 18.1. The molecule has 0 spiro atoms. The molecule has 0 radical (unpaired) electrons. The number of carbonyl (C=O) groups excluding carboxylic acids is 4. The third-order valence-electron chi connectivity index (χ3n) is 11.1. The summed E-state index contributed by atoms with van der Waals surface area (Å²) in [7, 11) is -3.86. The second-order valence-electron chi connectivity index (χ2n) is 16.2. The number of fused-ring (bicyclic) bond motifs is 6. The van der Waals surface area contributed by atoms with Gasteiger partial charge in [-0.2, -0.15) is 0 Å². The van der Waals surface area contributed by atoms with Crippen LogP contribution in [0.2, 0.25) is 0 Å². The number of oxime groups is 1. The van der Waals surface area contributed by atoms with E-state index in [1.165, 1.54) is 4.90 Å². The molecule has 0 aromatic heterocycles. The second kappa shape index (κ2) is 14.5. The van der Waals surface area contributed by atoms with Crippen LogP contribution in [0.3, 0.4) is 0 Å². The minimum atomic E-state index is -3.86. The predicted molar refractivity (Wildman–Crippen MR) is 202 cm³/mol. The quantitative estimate of drug-likeness (QED) is 0.326. The Morgan fingerprint density at radius 2 is 1.78 bits per heavy atom. The van der Waals surface area contributed by atoms with Crippen LogP contribution in [0.5, 0.6) is 0 Å². The maximum absolute atomic E-state index is 14.5. The molecule has 288 valence electrons. The average molecular weight is 760 g/mol. The zero-order valence-electron chi connectivity index (χ0n) is 31.2. The van der Waals surface area contributed by atoms with Crippen molar-refractivity contribution in [2.45, 2.75) is 108 Å². The number of hydrogen-bond acceptors (Lipinski definition) is 9. The summed E-state index contributed by atoms with van der Waals surface area (Å²) in [4.78, 5) is 63.0. The number of ether oxygens (including phenoxy) is 1. The van der Waals surface area contributed by atoms with Gasteiger partial charge < -0.3 is 25.1 Å². The van der Waals surface area contributed by atoms with Gasteiger partial charge in [0.2, 0.25) is 21.8 Å². The summed E-state index contributed by atoms with van der Waals surface area (Å²) in [5.41, 5.74) is 3.28. The van der Waals surface area contributed by atoms with E-state index >= 15 is 0 Å². The van der Waals surface area contributed by atoms with E-state index in [9.17, 15) is 27.6 Å². The average Bonchev–Trinajstić information content (AvgIpc) is 4.04. The Balaban J connectivity index is 1.22. The van der Waals surface area contributed by atoms with Gasteiger partial charge in [-0.25, -0.2) is 13.2 Å². The van der Waals surface area contributed by atoms with Gasteiger partial charge in [0.05, 0.1) is 18.4 Å². The zero-order chi connectivity index (χ0) is 38.4. The lowest BCUT2D eigenvalue weighted by Gasteiger charge is -2.35. The summed E-state index contributed by atoms with van der Waals surface area (Å²) in [5.74, 6) is -2.18. The molecule has 3 N–H and O–H groups in total. The summed E-state index contributed by atoms with van der Waals surface area (Å²) in [6.45, 7) is 7.45. The van der Waals surface area contributed by atoms with E-state index in [4.69, 9.17) is 9.57 Å². The number of allylic oxidation sites excluding steroid dienone is 1. The van der Waals surface area contributed by atoms with Crippen LogP contribution in [-0.4, -0.2) is 85.0 Å². The molecule has 7 rings (SSSR count). The third kappa shape index (κ3) is 7.49. The highest BCUT2D eigenvalue weighted by molar-refractivity contribution is 7.91. The molecule has 5 atom stereocenters. The lowest BCUT2D eigenvalue weighted by atomic mass is 9.85. The van der Waals surface area contributed by atoms with Crippen LogP contribution in [0.4, 0.5) is 4.79 Å². The van der Waals surface area contributed by atoms with Crippen LogP contribution in [0, 0.1) is 11.3 Å². The fraction of sp³-hybridized carbons (Fsp3) is 0.525. The molecule has 4 bridgehead atoms. The smallest absolute Gasteiger partial charge is 0.407 e. The van der Waals surface area contributed by atoms with Gasteiger partial charge in [-0.1, -0.05) is 87.8 Å². The van der Waals surface area contributed by atoms with Crippen molar-refractivity contribution in [2.75, 3.05) is 13.2 Å². The number of alkyl carbamates (subject to hydrolysis) is 1. The van der Waals surface area contributed by atoms with E-state index < -0.39 is 68.2 Å². The number of nitrogens with zero attached hydrogens (tertiary/aromatic N) is 2. The van der Waals surface area contributed by atoms with E-state index in [0.29, 0.717) is 31.4 Å². The van der Waals surface area contributed by atoms with Crippen LogP contribution in [-0.2, 0) is 34.0 Å². The van der Waals surface area contributed by atoms with Crippen molar-refractivity contribution in [3.05, 3.63) is 65.2 Å². The van der Waals surface area contributed by atoms with Crippen LogP contribution in [0.25, 0.3) is 17.2 Å². The minimum absolute atomic E-state index is 0.0270. The number of cyclic esters (lactones) is 1. The van der Waals surface area contributed by atoms with Gasteiger partial charge in [0, 0.05) is 17.5 Å². The van der Waals surface area contributed by atoms with Gasteiger partial charge >= 0.3 is 6.09 Å². The van der Waals surface area contributed by atoms with Crippen LogP contribution >= 0.6 is 0 Å². The van der Waals surface area contributed by atoms with E-state index in [2.05, 4.69) is 50.9 Å². The van der Waals surface area contributed by atoms with Crippen LogP contribution in [0.1, 0.15) is 95.8 Å². The predicted octanol–water partition coefficient (Wildman–Crippen LogP) is 4.64. The van der Waals surface area contributed by atoms with Gasteiger partial charge in [0.15, 0.2) is 0 Å². The van der Waals surface area contributed by atoms with Crippen molar-refractivity contribution in [1.82, 2.24) is 20.3 Å². The highest BCUT2D eigenvalue weighted by atomic mass is 32.2. The molecule has 3 fully saturated rings. The Bertz CT molecular complexity index is 2020. The molecule has 4 amide bonds. The summed E-state index contributed by atoms with van der Waals surface area (Å²) in [5, 5.41) is 9.69. The number of hydrogen-bond donors (Lipinski definition) is 3. The standard InChI is InChI=1S/C40H49N5O8S/c1-5-25-22-40(25,37(48)44-54(50,51)27-16-17-27)42-35(46)32-21-26-23-45(32)36(47)34(39(2,3)4)41-38(49)52-19-11-7-6-8-12-24-15-18-29-28-13-9-10-14-30(28)33(43-53-26)31(29)20-24/h8-10,12-15,18,20,25-27,32,34H,5-7,11,16-17,19,21-23H2,1-4H3,(H,41,49)(H,42,46)(H,44,48)/b12-8+,43-33+/t25-,26?,32?,34-,40?/m1/s1. The first-order valence-corrected chi connectivity index (χ1v) is 20.5. The molecule has 5 aliphatic rings. The van der Waals surface area contributed by atoms with E-state index in [-0.39, 0.29) is 31.9 Å². The van der Waals surface area contributed by atoms with E-state index in [1.54, 1.807) is 0 Å². The highest BCUT2D eigenvalue weighted by Crippen LogP contribution is 2.47. The van der Waals surface area contributed by atoms with Crippen LogP contribution in [0.15, 0.2) is 53.7 Å². The van der Waals surface area contributed by atoms with Gasteiger partial charge in [0.1, 0.15) is 29.4 Å². The molecule has 2 aromatic carbocycles. The summed E-state index contributed by atoms with van der Waals surface area (Å²) in [6, 6.07) is 12.0. The normalized spacial score (nSPS) is 28.7. The molecular weight excluding hydrogens is 711 g/mol. The molecule has 54 heavy (non-hydrogen) atoms. The van der Waals surface area contributed by atoms with Crippen molar-refractivity contribution >= 4 is 45.6 Å². The Hall–Kier alpha value is -4.72. The molecule has 2 aliphatic heterocycles. The van der Waals surface area contributed by atoms with Crippen molar-refractivity contribution in [3.63, 3.8) is 0 Å². The maximum atomic E-state index is 14.5. The molecule has 14 heteroatoms. The van der Waals surface area contributed by atoms with Gasteiger partial charge in [0.25, 0.3) is 5.91 Å². The molecular formula is C40H49N5O8S. The molecule has 3 unspecified atom stereocenters. The Morgan fingerprint density at radius 1 is 1.04 bits per heavy atom. The van der Waals surface area contributed by atoms with Crippen molar-refractivity contribution < 1.29 is 37.2 Å². The van der Waals surface area contributed by atoms with Gasteiger partial charge in [-0.05, 0) is 72.6 Å². The first kappa shape index (κ1) is 37.6. The lowest BCUT2D eigenvalue weighted by Crippen LogP contribution is -2.60. The molecule has 2 saturated carbocycles. The zero-order valence-corrected chi connectivity index (χ0v) is 32.0. The fourth-order valence-electron chi connectivity index (χ4n) is 7.78. The number of carbonyl (C=O) groups is 4. The molecule has 3 aliphatic carbocycles. The number of nitrogens with one attached hydrogen (secondary N) is 3. The van der Waals surface area contributed by atoms with E-state index in [0.717, 1.165) is 40.7 Å². The first-order chi connectivity index (χ1) is 25.7. The highest BCUT2D eigenvalue weighted by Gasteiger charge is 2.62. The summed E-state index contributed by atoms with van der Waals surface area (Å²) < 4.78 is 33.2. The maximum Gasteiger partial charge on any atom is 0.407 e. The van der Waals surface area contributed by atoms with Gasteiger partial charge in [-0.3, -0.25) is 19.1 Å². The van der Waals surface area contributed by atoms with Crippen molar-refractivity contribution in [3.8, 4) is 11.1 Å². The molecule has 1 saturated heterocycles. The number of benzene rings is 2. The summed E-state index contributed by atoms with van der Waals surface area (Å²) >= 11 is 0. The first-order valence-electron chi connectivity index (χ1n) is 19.0.